The van der Waals surface area contributed by atoms with Crippen LogP contribution in [0, 0.1) is 5.92 Å². The van der Waals surface area contributed by atoms with Crippen LogP contribution in [0.3, 0.4) is 0 Å². The van der Waals surface area contributed by atoms with E-state index in [1.165, 1.54) is 167 Å². The van der Waals surface area contributed by atoms with Gasteiger partial charge in [0.25, 0.3) is 0 Å². The normalized spacial score (nSPS) is 13.2. The van der Waals surface area contributed by atoms with E-state index in [4.69, 9.17) is 9.47 Å². The third-order valence-corrected chi connectivity index (χ3v) is 8.71. The molecule has 0 rings (SSSR count). The first kappa shape index (κ1) is 41.3. The number of carbonyl (C=O) groups is 1. The summed E-state index contributed by atoms with van der Waals surface area (Å²) >= 11 is 0. The molecule has 0 amide bonds. The molecule has 0 aliphatic rings. The Morgan fingerprint density at radius 3 is 1.38 bits per heavy atom. The lowest BCUT2D eigenvalue weighted by atomic mass is 9.96. The van der Waals surface area contributed by atoms with Gasteiger partial charge in [-0.05, 0) is 44.4 Å². The summed E-state index contributed by atoms with van der Waals surface area (Å²) in [5.41, 5.74) is 0. The van der Waals surface area contributed by atoms with E-state index in [9.17, 15) is 4.79 Å². The summed E-state index contributed by atoms with van der Waals surface area (Å²) in [6, 6.07) is 0. The van der Waals surface area contributed by atoms with Crippen molar-refractivity contribution in [2.45, 2.75) is 207 Å². The minimum Gasteiger partial charge on any atom is -0.378 e. The number of unbranched alkanes of at least 4 members (excludes halogenated alkanes) is 22. The lowest BCUT2D eigenvalue weighted by Gasteiger charge is -2.13. The quantitative estimate of drug-likeness (QED) is 0.0412. The van der Waals surface area contributed by atoms with Gasteiger partial charge in [0, 0.05) is 13.2 Å². The molecule has 0 spiro atoms. The molecular weight excluding hydrogens is 516 g/mol. The molecule has 0 radical (unpaired) electrons. The van der Waals surface area contributed by atoms with Gasteiger partial charge in [0.1, 0.15) is 6.10 Å². The molecule has 0 aliphatic heterocycles. The first-order valence-corrected chi connectivity index (χ1v) is 19.0. The highest BCUT2D eigenvalue weighted by Gasteiger charge is 2.07. The van der Waals surface area contributed by atoms with Crippen LogP contribution in [0.4, 0.5) is 0 Å². The highest BCUT2D eigenvalue weighted by Crippen LogP contribution is 2.18. The molecule has 0 saturated heterocycles. The van der Waals surface area contributed by atoms with Crippen LogP contribution in [0.5, 0.6) is 0 Å². The van der Waals surface area contributed by atoms with Gasteiger partial charge in [-0.25, -0.2) is 0 Å². The van der Waals surface area contributed by atoms with E-state index in [1.807, 2.05) is 0 Å². The van der Waals surface area contributed by atoms with E-state index in [1.54, 1.807) is 0 Å². The Labute approximate surface area is 264 Å². The molecule has 2 unspecified atom stereocenters. The minimum absolute atomic E-state index is 0.396. The first-order valence-electron chi connectivity index (χ1n) is 19.0. The molecule has 0 aromatic heterocycles. The van der Waals surface area contributed by atoms with Gasteiger partial charge < -0.3 is 14.3 Å². The van der Waals surface area contributed by atoms with Gasteiger partial charge in [0.15, 0.2) is 6.29 Å². The number of rotatable bonds is 36. The van der Waals surface area contributed by atoms with Crippen molar-refractivity contribution in [1.82, 2.24) is 0 Å². The molecule has 0 aliphatic carbocycles. The largest absolute Gasteiger partial charge is 0.378 e. The summed E-state index contributed by atoms with van der Waals surface area (Å²) in [6.07, 6.45) is 42.6. The van der Waals surface area contributed by atoms with Crippen molar-refractivity contribution in [2.24, 2.45) is 5.92 Å². The minimum atomic E-state index is -0.396. The highest BCUT2D eigenvalue weighted by molar-refractivity contribution is 5.56. The molecule has 0 N–H and O–H groups in total. The molecule has 0 fully saturated rings. The predicted octanol–water partition coefficient (Wildman–Crippen LogP) is 12.7. The Bertz CT molecular complexity index is 532. The third kappa shape index (κ3) is 33.8. The molecule has 0 bridgehead atoms. The molecule has 250 valence electrons. The summed E-state index contributed by atoms with van der Waals surface area (Å²) in [5.74, 6) is 0.897. The molecule has 0 aromatic carbocycles. The standard InChI is InChI=1S/C39H76O3/c1-4-6-8-10-12-13-14-15-16-17-18-19-20-22-26-30-34-41-37-39(36-40)42-35-31-27-23-21-25-29-33-38(3)32-28-24-11-9-7-5-2/h15-16,36,38-39H,4-14,17-35,37H2,1-3H3/b16-15-. The Balaban J connectivity index is 3.36. The van der Waals surface area contributed by atoms with Gasteiger partial charge in [-0.2, -0.15) is 0 Å². The molecule has 0 heterocycles. The van der Waals surface area contributed by atoms with Crippen LogP contribution in [0.1, 0.15) is 201 Å². The van der Waals surface area contributed by atoms with E-state index in [0.29, 0.717) is 13.2 Å². The lowest BCUT2D eigenvalue weighted by Crippen LogP contribution is -2.22. The number of ether oxygens (including phenoxy) is 2. The third-order valence-electron chi connectivity index (χ3n) is 8.71. The molecule has 2 atom stereocenters. The summed E-state index contributed by atoms with van der Waals surface area (Å²) in [4.78, 5) is 11.3. The molecule has 3 nitrogen and oxygen atoms in total. The fourth-order valence-electron chi connectivity index (χ4n) is 5.73. The second kappa shape index (κ2) is 36.5. The Morgan fingerprint density at radius 2 is 0.905 bits per heavy atom. The summed E-state index contributed by atoms with van der Waals surface area (Å²) < 4.78 is 11.5. The van der Waals surface area contributed by atoms with Crippen molar-refractivity contribution in [3.8, 4) is 0 Å². The van der Waals surface area contributed by atoms with Gasteiger partial charge in [-0.15, -0.1) is 0 Å². The number of aldehydes is 1. The zero-order chi connectivity index (χ0) is 30.6. The van der Waals surface area contributed by atoms with Gasteiger partial charge in [0.2, 0.25) is 0 Å². The van der Waals surface area contributed by atoms with Gasteiger partial charge in [-0.1, -0.05) is 174 Å². The fraction of sp³-hybridized carbons (Fsp3) is 0.923. The zero-order valence-electron chi connectivity index (χ0n) is 29.0. The Morgan fingerprint density at radius 1 is 0.500 bits per heavy atom. The summed E-state index contributed by atoms with van der Waals surface area (Å²) in [7, 11) is 0. The number of hydrogen-bond donors (Lipinski definition) is 0. The van der Waals surface area contributed by atoms with Crippen molar-refractivity contribution in [2.75, 3.05) is 19.8 Å². The van der Waals surface area contributed by atoms with Crippen LogP contribution in [-0.4, -0.2) is 32.2 Å². The fourth-order valence-corrected chi connectivity index (χ4v) is 5.73. The molecule has 0 saturated carbocycles. The van der Waals surface area contributed by atoms with Crippen LogP contribution in [0.25, 0.3) is 0 Å². The number of allylic oxidation sites excluding steroid dienone is 2. The van der Waals surface area contributed by atoms with Crippen molar-refractivity contribution in [3.63, 3.8) is 0 Å². The van der Waals surface area contributed by atoms with Gasteiger partial charge in [-0.3, -0.25) is 0 Å². The molecular formula is C39H76O3. The predicted molar refractivity (Wildman–Crippen MR) is 186 cm³/mol. The van der Waals surface area contributed by atoms with Crippen molar-refractivity contribution < 1.29 is 14.3 Å². The van der Waals surface area contributed by atoms with Crippen LogP contribution in [0.2, 0.25) is 0 Å². The number of hydrogen-bond acceptors (Lipinski definition) is 3. The lowest BCUT2D eigenvalue weighted by molar-refractivity contribution is -0.122. The average molecular weight is 593 g/mol. The van der Waals surface area contributed by atoms with Crippen LogP contribution < -0.4 is 0 Å². The van der Waals surface area contributed by atoms with Crippen molar-refractivity contribution in [3.05, 3.63) is 12.2 Å². The summed E-state index contributed by atoms with van der Waals surface area (Å²) in [6.45, 7) is 8.84. The second-order valence-electron chi connectivity index (χ2n) is 13.1. The van der Waals surface area contributed by atoms with Gasteiger partial charge >= 0.3 is 0 Å². The molecule has 0 aromatic rings. The number of carbonyl (C=O) groups excluding carboxylic acids is 1. The second-order valence-corrected chi connectivity index (χ2v) is 13.1. The zero-order valence-corrected chi connectivity index (χ0v) is 29.0. The van der Waals surface area contributed by atoms with Crippen molar-refractivity contribution in [1.29, 1.82) is 0 Å². The van der Waals surface area contributed by atoms with E-state index in [-0.39, 0.29) is 0 Å². The smallest absolute Gasteiger partial charge is 0.151 e. The molecule has 42 heavy (non-hydrogen) atoms. The Hall–Kier alpha value is -0.670. The van der Waals surface area contributed by atoms with E-state index >= 15 is 0 Å². The maximum Gasteiger partial charge on any atom is 0.151 e. The van der Waals surface area contributed by atoms with E-state index < -0.39 is 6.10 Å². The SMILES string of the molecule is CCCCCCCC/C=C\CCCCCCCCOCC(C=O)OCCCCCCCCC(C)CCCCCCCC. The van der Waals surface area contributed by atoms with Crippen LogP contribution >= 0.6 is 0 Å². The highest BCUT2D eigenvalue weighted by atomic mass is 16.5. The van der Waals surface area contributed by atoms with E-state index in [2.05, 4.69) is 32.9 Å². The van der Waals surface area contributed by atoms with Crippen LogP contribution in [-0.2, 0) is 14.3 Å². The Kier molecular flexibility index (Phi) is 35.9. The molecule has 3 heteroatoms. The average Bonchev–Trinajstić information content (AvgIpc) is 3.00. The maximum atomic E-state index is 11.3. The van der Waals surface area contributed by atoms with Crippen molar-refractivity contribution >= 4 is 6.29 Å². The van der Waals surface area contributed by atoms with E-state index in [0.717, 1.165) is 31.7 Å². The maximum absolute atomic E-state index is 11.3. The summed E-state index contributed by atoms with van der Waals surface area (Å²) in [5, 5.41) is 0. The van der Waals surface area contributed by atoms with Crippen LogP contribution in [0.15, 0.2) is 12.2 Å². The topological polar surface area (TPSA) is 35.5 Å². The monoisotopic (exact) mass is 593 g/mol. The van der Waals surface area contributed by atoms with Gasteiger partial charge in [0.05, 0.1) is 6.61 Å². The first-order chi connectivity index (χ1) is 20.7.